The average Bonchev–Trinajstić information content (AvgIpc) is 3.01. The highest BCUT2D eigenvalue weighted by molar-refractivity contribution is 5.96. The lowest BCUT2D eigenvalue weighted by Gasteiger charge is -2.41. The molecule has 1 heterocycles. The van der Waals surface area contributed by atoms with Gasteiger partial charge in [0.25, 0.3) is 5.91 Å². The van der Waals surface area contributed by atoms with E-state index in [4.69, 9.17) is 15.2 Å². The fourth-order valence-corrected chi connectivity index (χ4v) is 6.02. The Morgan fingerprint density at radius 1 is 1.04 bits per heavy atom. The van der Waals surface area contributed by atoms with Crippen LogP contribution < -0.4 is 15.8 Å². The molecular formula is C35H61ClN4O6. The molecule has 0 bridgehead atoms. The Hall–Kier alpha value is -2.24. The number of unbranched alkanes of at least 4 members (excludes halogenated alkanes) is 1. The molecule has 1 aromatic rings. The zero-order chi connectivity index (χ0) is 33.5. The zero-order valence-corrected chi connectivity index (χ0v) is 30.0. The lowest BCUT2D eigenvalue weighted by molar-refractivity contribution is -0.159. The highest BCUT2D eigenvalue weighted by atomic mass is 35.5. The van der Waals surface area contributed by atoms with Gasteiger partial charge in [0, 0.05) is 57.8 Å². The third-order valence-electron chi connectivity index (χ3n) is 9.23. The summed E-state index contributed by atoms with van der Waals surface area (Å²) in [5.74, 6) is 0.486. The van der Waals surface area contributed by atoms with Crippen LogP contribution in [0.3, 0.4) is 0 Å². The summed E-state index contributed by atoms with van der Waals surface area (Å²) in [5.41, 5.74) is 7.06. The SMILES string of the molecule is CCN(C(=O)C(CC(O)C(N)CC(CNC(=O)c1ccccc1OCCCCOC)C(C)C)C(C)C)N1CCC(C(C)=O)CC1.Cl. The second-order valence-electron chi connectivity index (χ2n) is 13.2. The van der Waals surface area contributed by atoms with Gasteiger partial charge in [-0.3, -0.25) is 19.4 Å². The van der Waals surface area contributed by atoms with Gasteiger partial charge in [0.05, 0.1) is 18.3 Å². The molecule has 1 fully saturated rings. The van der Waals surface area contributed by atoms with Crippen LogP contribution in [0.25, 0.3) is 0 Å². The predicted octanol–water partition coefficient (Wildman–Crippen LogP) is 4.72. The zero-order valence-electron chi connectivity index (χ0n) is 29.2. The summed E-state index contributed by atoms with van der Waals surface area (Å²) in [6.07, 6.45) is 3.12. The van der Waals surface area contributed by atoms with Gasteiger partial charge in [0.1, 0.15) is 11.5 Å². The van der Waals surface area contributed by atoms with E-state index in [-0.39, 0.29) is 66.0 Å². The lowest BCUT2D eigenvalue weighted by Crippen LogP contribution is -2.53. The van der Waals surface area contributed by atoms with E-state index in [0.29, 0.717) is 57.1 Å². The molecule has 4 atom stereocenters. The number of rotatable bonds is 20. The van der Waals surface area contributed by atoms with Gasteiger partial charge in [-0.15, -0.1) is 12.4 Å². The van der Waals surface area contributed by atoms with E-state index in [1.807, 2.05) is 32.9 Å². The highest BCUT2D eigenvalue weighted by Crippen LogP contribution is 2.27. The number of methoxy groups -OCH3 is 1. The molecular weight excluding hydrogens is 608 g/mol. The Morgan fingerprint density at radius 2 is 1.67 bits per heavy atom. The number of amides is 2. The van der Waals surface area contributed by atoms with Gasteiger partial charge in [-0.2, -0.15) is 0 Å². The number of halogens is 1. The molecule has 46 heavy (non-hydrogen) atoms. The molecule has 1 saturated heterocycles. The van der Waals surface area contributed by atoms with E-state index in [1.165, 1.54) is 0 Å². The van der Waals surface area contributed by atoms with Crippen molar-refractivity contribution in [2.75, 3.05) is 46.5 Å². The molecule has 1 aliphatic rings. The van der Waals surface area contributed by atoms with E-state index in [9.17, 15) is 19.5 Å². The number of nitrogens with one attached hydrogen (secondary N) is 1. The normalized spacial score (nSPS) is 16.8. The maximum atomic E-state index is 13.8. The molecule has 4 unspecified atom stereocenters. The van der Waals surface area contributed by atoms with E-state index in [2.05, 4.69) is 24.2 Å². The van der Waals surface area contributed by atoms with Gasteiger partial charge in [0.15, 0.2) is 0 Å². The van der Waals surface area contributed by atoms with Crippen LogP contribution in [0.1, 0.15) is 90.4 Å². The Bertz CT molecular complexity index is 1050. The van der Waals surface area contributed by atoms with Crippen molar-refractivity contribution < 1.29 is 29.0 Å². The second-order valence-corrected chi connectivity index (χ2v) is 13.2. The molecule has 0 aromatic heterocycles. The minimum Gasteiger partial charge on any atom is -0.493 e. The van der Waals surface area contributed by atoms with Crippen molar-refractivity contribution in [1.82, 2.24) is 15.3 Å². The Kier molecular flexibility index (Phi) is 19.6. The average molecular weight is 669 g/mol. The quantitative estimate of drug-likeness (QED) is 0.170. The number of ether oxygens (including phenoxy) is 2. The van der Waals surface area contributed by atoms with Crippen LogP contribution in [0.15, 0.2) is 24.3 Å². The van der Waals surface area contributed by atoms with E-state index >= 15 is 0 Å². The van der Waals surface area contributed by atoms with Gasteiger partial charge in [-0.05, 0) is 82.3 Å². The first-order chi connectivity index (χ1) is 21.4. The van der Waals surface area contributed by atoms with Crippen LogP contribution in [0, 0.1) is 29.6 Å². The minimum absolute atomic E-state index is 0. The number of ketones is 1. The van der Waals surface area contributed by atoms with Gasteiger partial charge in [0.2, 0.25) is 5.91 Å². The Labute approximate surface area is 283 Å². The number of hydrogen-bond donors (Lipinski definition) is 3. The molecule has 264 valence electrons. The number of aliphatic hydroxyl groups excluding tert-OH is 1. The summed E-state index contributed by atoms with van der Waals surface area (Å²) in [5, 5.41) is 18.2. The maximum Gasteiger partial charge on any atom is 0.255 e. The maximum absolute atomic E-state index is 13.8. The number of aliphatic hydroxyl groups is 1. The molecule has 4 N–H and O–H groups in total. The van der Waals surface area contributed by atoms with Crippen molar-refractivity contribution in [3.8, 4) is 5.75 Å². The largest absolute Gasteiger partial charge is 0.493 e. The number of hydrazine groups is 1. The van der Waals surface area contributed by atoms with Crippen LogP contribution in [0.2, 0.25) is 0 Å². The number of nitrogens with zero attached hydrogens (tertiary/aromatic N) is 2. The third kappa shape index (κ3) is 13.1. The number of carbonyl (C=O) groups excluding carboxylic acids is 3. The number of hydrogen-bond acceptors (Lipinski definition) is 8. The smallest absolute Gasteiger partial charge is 0.255 e. The Morgan fingerprint density at radius 3 is 2.24 bits per heavy atom. The fourth-order valence-electron chi connectivity index (χ4n) is 6.02. The molecule has 10 nitrogen and oxygen atoms in total. The van der Waals surface area contributed by atoms with Crippen molar-refractivity contribution in [2.45, 2.75) is 92.2 Å². The van der Waals surface area contributed by atoms with E-state index in [1.54, 1.807) is 31.2 Å². The van der Waals surface area contributed by atoms with Gasteiger partial charge in [-0.25, -0.2) is 5.01 Å². The van der Waals surface area contributed by atoms with Crippen LogP contribution in [0.5, 0.6) is 5.75 Å². The van der Waals surface area contributed by atoms with E-state index in [0.717, 1.165) is 25.7 Å². The molecule has 0 radical (unpaired) electrons. The van der Waals surface area contributed by atoms with Crippen molar-refractivity contribution in [2.24, 2.45) is 35.3 Å². The number of carbonyl (C=O) groups is 3. The van der Waals surface area contributed by atoms with Crippen LogP contribution in [0.4, 0.5) is 0 Å². The number of benzene rings is 1. The second kappa shape index (κ2) is 21.6. The van der Waals surface area contributed by atoms with Gasteiger partial charge >= 0.3 is 0 Å². The molecule has 1 aliphatic heterocycles. The molecule has 11 heteroatoms. The number of nitrogens with two attached hydrogens (primary N) is 1. The first-order valence-corrected chi connectivity index (χ1v) is 16.9. The first kappa shape index (κ1) is 41.8. The molecule has 0 aliphatic carbocycles. The molecule has 0 saturated carbocycles. The van der Waals surface area contributed by atoms with E-state index < -0.39 is 12.1 Å². The summed E-state index contributed by atoms with van der Waals surface area (Å²) < 4.78 is 11.0. The lowest BCUT2D eigenvalue weighted by atomic mass is 9.83. The van der Waals surface area contributed by atoms with Crippen LogP contribution in [-0.2, 0) is 14.3 Å². The fraction of sp³-hybridized carbons (Fsp3) is 0.743. The Balaban J connectivity index is 0.0000106. The third-order valence-corrected chi connectivity index (χ3v) is 9.23. The molecule has 1 aromatic carbocycles. The summed E-state index contributed by atoms with van der Waals surface area (Å²) in [6, 6.07) is 6.68. The van der Waals surface area contributed by atoms with Crippen molar-refractivity contribution in [3.63, 3.8) is 0 Å². The van der Waals surface area contributed by atoms with Gasteiger partial charge in [-0.1, -0.05) is 39.8 Å². The molecule has 0 spiro atoms. The highest BCUT2D eigenvalue weighted by Gasteiger charge is 2.35. The predicted molar refractivity (Wildman–Crippen MR) is 185 cm³/mol. The summed E-state index contributed by atoms with van der Waals surface area (Å²) in [7, 11) is 1.67. The standard InChI is InChI=1S/C35H60N4O6.ClH/c1-8-39(38-17-15-27(16-18-38)26(6)40)35(43)30(25(4)5)22-32(41)31(36)21-28(24(2)3)23-37-34(42)29-13-9-10-14-33(29)45-20-12-11-19-44-7;/h9-10,13-14,24-25,27-28,30-32,41H,8,11-12,15-23,36H2,1-7H3,(H,37,42);1H. The van der Waals surface area contributed by atoms with Crippen LogP contribution >= 0.6 is 12.4 Å². The summed E-state index contributed by atoms with van der Waals surface area (Å²) in [6.45, 7) is 15.2. The van der Waals surface area contributed by atoms with Crippen molar-refractivity contribution >= 4 is 30.0 Å². The number of piperidine rings is 1. The first-order valence-electron chi connectivity index (χ1n) is 16.9. The topological polar surface area (TPSA) is 134 Å². The van der Waals surface area contributed by atoms with Gasteiger partial charge < -0.3 is 25.6 Å². The number of para-hydroxylation sites is 1. The summed E-state index contributed by atoms with van der Waals surface area (Å²) in [4.78, 5) is 38.8. The van der Waals surface area contributed by atoms with Crippen LogP contribution in [-0.4, -0.2) is 91.4 Å². The molecule has 2 amide bonds. The minimum atomic E-state index is -0.868. The number of Topliss-reactive ketones (excluding diaryl/α,β-unsaturated/α-hetero) is 1. The van der Waals surface area contributed by atoms with Crippen molar-refractivity contribution in [3.05, 3.63) is 29.8 Å². The summed E-state index contributed by atoms with van der Waals surface area (Å²) >= 11 is 0. The monoisotopic (exact) mass is 668 g/mol. The molecule has 2 rings (SSSR count). The van der Waals surface area contributed by atoms with Crippen molar-refractivity contribution in [1.29, 1.82) is 0 Å².